The minimum absolute atomic E-state index is 0.0219. The van der Waals surface area contributed by atoms with Crippen LogP contribution < -0.4 is 10.5 Å². The Labute approximate surface area is 102 Å². The first kappa shape index (κ1) is 13.8. The second-order valence-electron chi connectivity index (χ2n) is 4.00. The number of nitrogens with two attached hydrogens (primary N) is 1. The van der Waals surface area contributed by atoms with Crippen molar-refractivity contribution in [2.75, 3.05) is 19.8 Å². The second-order valence-corrected chi connectivity index (χ2v) is 6.56. The van der Waals surface area contributed by atoms with Crippen LogP contribution in [-0.4, -0.2) is 38.4 Å². The fourth-order valence-corrected chi connectivity index (χ4v) is 2.37. The van der Waals surface area contributed by atoms with Crippen molar-refractivity contribution in [3.63, 3.8) is 0 Å². The molecule has 1 atom stereocenters. The van der Waals surface area contributed by atoms with Crippen molar-refractivity contribution in [3.8, 4) is 0 Å². The number of sulfonamides is 1. The maximum absolute atomic E-state index is 11.5. The van der Waals surface area contributed by atoms with Gasteiger partial charge in [0, 0.05) is 13.2 Å². The molecule has 94 valence electrons. The zero-order chi connectivity index (χ0) is 12.2. The predicted molar refractivity (Wildman–Crippen MR) is 66.7 cm³/mol. The quantitative estimate of drug-likeness (QED) is 0.478. The van der Waals surface area contributed by atoms with Gasteiger partial charge in [0.2, 0.25) is 10.0 Å². The van der Waals surface area contributed by atoms with Gasteiger partial charge in [0.25, 0.3) is 0 Å². The van der Waals surface area contributed by atoms with Gasteiger partial charge in [-0.15, -0.1) is 0 Å². The van der Waals surface area contributed by atoms with Crippen LogP contribution in [0.4, 0.5) is 0 Å². The zero-order valence-electron chi connectivity index (χ0n) is 9.31. The van der Waals surface area contributed by atoms with Crippen LogP contribution in [0.2, 0.25) is 0 Å². The smallest absolute Gasteiger partial charge is 0.220 e. The minimum Gasteiger partial charge on any atom is -0.392 e. The average molecular weight is 266 g/mol. The Hall–Kier alpha value is -0.240. The Morgan fingerprint density at radius 3 is 2.75 bits per heavy atom. The van der Waals surface area contributed by atoms with Crippen molar-refractivity contribution in [1.82, 2.24) is 4.72 Å². The van der Waals surface area contributed by atoms with E-state index in [0.29, 0.717) is 12.5 Å². The van der Waals surface area contributed by atoms with Gasteiger partial charge >= 0.3 is 0 Å². The molecule has 1 unspecified atom stereocenters. The third-order valence-electron chi connectivity index (χ3n) is 2.47. The van der Waals surface area contributed by atoms with E-state index in [-0.39, 0.29) is 11.5 Å². The summed E-state index contributed by atoms with van der Waals surface area (Å²) in [6.07, 6.45) is 2.45. The lowest BCUT2D eigenvalue weighted by atomic mass is 10.5. The molecular weight excluding hydrogens is 248 g/mol. The summed E-state index contributed by atoms with van der Waals surface area (Å²) < 4.78 is 30.8. The maximum atomic E-state index is 11.5. The van der Waals surface area contributed by atoms with Gasteiger partial charge < -0.3 is 10.5 Å². The zero-order valence-corrected chi connectivity index (χ0v) is 10.9. The molecule has 0 aromatic heterocycles. The highest BCUT2D eigenvalue weighted by molar-refractivity contribution is 7.93. The van der Waals surface area contributed by atoms with Gasteiger partial charge in [-0.25, -0.2) is 13.1 Å². The predicted octanol–water partition coefficient (Wildman–Crippen LogP) is 0.00700. The third kappa shape index (κ3) is 4.73. The van der Waals surface area contributed by atoms with E-state index in [1.807, 2.05) is 0 Å². The van der Waals surface area contributed by atoms with Crippen molar-refractivity contribution in [2.24, 2.45) is 11.7 Å². The molecule has 0 aromatic carbocycles. The van der Waals surface area contributed by atoms with Gasteiger partial charge in [0.15, 0.2) is 0 Å². The molecular formula is C9H18N2O3S2. The second kappa shape index (κ2) is 5.90. The molecule has 5 nitrogen and oxygen atoms in total. The lowest BCUT2D eigenvalue weighted by molar-refractivity contribution is 0.129. The highest BCUT2D eigenvalue weighted by Gasteiger charge is 2.23. The molecule has 1 fully saturated rings. The fraction of sp³-hybridized carbons (Fsp3) is 0.889. The van der Waals surface area contributed by atoms with E-state index in [0.717, 1.165) is 6.61 Å². The minimum atomic E-state index is -3.44. The highest BCUT2D eigenvalue weighted by Crippen LogP contribution is 2.28. The molecule has 0 bridgehead atoms. The van der Waals surface area contributed by atoms with Crippen molar-refractivity contribution < 1.29 is 13.2 Å². The number of hydrogen-bond acceptors (Lipinski definition) is 4. The number of ether oxygens (including phenoxy) is 1. The SMILES string of the molecule is CC(C(N)=S)S(=O)(=O)NCCOCC1CC1. The van der Waals surface area contributed by atoms with E-state index in [4.69, 9.17) is 10.5 Å². The van der Waals surface area contributed by atoms with E-state index in [9.17, 15) is 8.42 Å². The molecule has 0 aliphatic heterocycles. The molecule has 1 rings (SSSR count). The lowest BCUT2D eigenvalue weighted by Crippen LogP contribution is -2.41. The molecule has 0 saturated heterocycles. The molecule has 0 heterocycles. The monoisotopic (exact) mass is 266 g/mol. The summed E-state index contributed by atoms with van der Waals surface area (Å²) in [5.74, 6) is 0.687. The summed E-state index contributed by atoms with van der Waals surface area (Å²) in [4.78, 5) is -0.0219. The lowest BCUT2D eigenvalue weighted by Gasteiger charge is -2.12. The van der Waals surface area contributed by atoms with Crippen LogP contribution in [0.5, 0.6) is 0 Å². The standard InChI is InChI=1S/C9H18N2O3S2/c1-7(9(10)15)16(12,13)11-4-5-14-6-8-2-3-8/h7-8,11H,2-6H2,1H3,(H2,10,15). The summed E-state index contributed by atoms with van der Waals surface area (Å²) in [6, 6.07) is 0. The van der Waals surface area contributed by atoms with Gasteiger partial charge in [-0.3, -0.25) is 0 Å². The van der Waals surface area contributed by atoms with Gasteiger partial charge in [-0.2, -0.15) is 0 Å². The summed E-state index contributed by atoms with van der Waals surface area (Å²) in [5, 5.41) is -0.842. The van der Waals surface area contributed by atoms with Crippen LogP contribution in [-0.2, 0) is 14.8 Å². The average Bonchev–Trinajstić information content (AvgIpc) is 2.99. The van der Waals surface area contributed by atoms with E-state index in [2.05, 4.69) is 16.9 Å². The van der Waals surface area contributed by atoms with Crippen molar-refractivity contribution in [1.29, 1.82) is 0 Å². The molecule has 1 saturated carbocycles. The molecule has 1 aliphatic rings. The van der Waals surface area contributed by atoms with Crippen LogP contribution in [0.15, 0.2) is 0 Å². The van der Waals surface area contributed by atoms with Gasteiger partial charge in [0.1, 0.15) is 5.25 Å². The van der Waals surface area contributed by atoms with Crippen molar-refractivity contribution >= 4 is 27.2 Å². The van der Waals surface area contributed by atoms with Crippen LogP contribution in [0, 0.1) is 5.92 Å². The summed E-state index contributed by atoms with van der Waals surface area (Å²) in [7, 11) is -3.44. The van der Waals surface area contributed by atoms with Crippen LogP contribution in [0.3, 0.4) is 0 Å². The fourth-order valence-electron chi connectivity index (χ4n) is 1.07. The molecule has 0 amide bonds. The Morgan fingerprint density at radius 2 is 2.25 bits per heavy atom. The van der Waals surface area contributed by atoms with E-state index in [1.54, 1.807) is 0 Å². The van der Waals surface area contributed by atoms with Crippen LogP contribution in [0.1, 0.15) is 19.8 Å². The number of rotatable bonds is 8. The van der Waals surface area contributed by atoms with Crippen molar-refractivity contribution in [2.45, 2.75) is 25.0 Å². The number of nitrogens with one attached hydrogen (secondary N) is 1. The molecule has 0 spiro atoms. The van der Waals surface area contributed by atoms with Crippen LogP contribution in [0.25, 0.3) is 0 Å². The van der Waals surface area contributed by atoms with Gasteiger partial charge in [-0.05, 0) is 25.7 Å². The molecule has 3 N–H and O–H groups in total. The number of thiocarbonyl (C=S) groups is 1. The Kier molecular flexibility index (Phi) is 5.10. The Bertz CT molecular complexity index is 339. The first-order valence-electron chi connectivity index (χ1n) is 5.29. The largest absolute Gasteiger partial charge is 0.392 e. The van der Waals surface area contributed by atoms with E-state index >= 15 is 0 Å². The number of hydrogen-bond donors (Lipinski definition) is 2. The highest BCUT2D eigenvalue weighted by atomic mass is 32.2. The van der Waals surface area contributed by atoms with Crippen LogP contribution >= 0.6 is 12.2 Å². The first-order valence-corrected chi connectivity index (χ1v) is 7.24. The summed E-state index contributed by atoms with van der Waals surface area (Å²) in [5.41, 5.74) is 5.28. The molecule has 7 heteroatoms. The molecule has 0 aromatic rings. The Balaban J connectivity index is 2.16. The van der Waals surface area contributed by atoms with Gasteiger partial charge in [0.05, 0.1) is 11.6 Å². The molecule has 0 radical (unpaired) electrons. The summed E-state index contributed by atoms with van der Waals surface area (Å²) >= 11 is 4.64. The topological polar surface area (TPSA) is 81.4 Å². The third-order valence-corrected chi connectivity index (χ3v) is 4.76. The molecule has 1 aliphatic carbocycles. The normalized spacial score (nSPS) is 18.3. The maximum Gasteiger partial charge on any atom is 0.220 e. The van der Waals surface area contributed by atoms with Gasteiger partial charge in [-0.1, -0.05) is 12.2 Å². The first-order chi connectivity index (χ1) is 7.43. The van der Waals surface area contributed by atoms with E-state index in [1.165, 1.54) is 19.8 Å². The van der Waals surface area contributed by atoms with E-state index < -0.39 is 15.3 Å². The van der Waals surface area contributed by atoms with Crippen molar-refractivity contribution in [3.05, 3.63) is 0 Å². The Morgan fingerprint density at radius 1 is 1.62 bits per heavy atom. The molecule has 16 heavy (non-hydrogen) atoms. The summed E-state index contributed by atoms with van der Waals surface area (Å²) in [6.45, 7) is 2.85.